The molecule has 0 saturated carbocycles. The Labute approximate surface area is 187 Å². The van der Waals surface area contributed by atoms with Crippen LogP contribution in [0.4, 0.5) is 0 Å². The number of hydrogen-bond donors (Lipinski definition) is 1. The summed E-state index contributed by atoms with van der Waals surface area (Å²) in [5.41, 5.74) is 1.14. The molecule has 174 valence electrons. The molecule has 31 heavy (non-hydrogen) atoms. The molecular formula is C25H40N2O4. The largest absolute Gasteiger partial charge is 0.494 e. The smallest absolute Gasteiger partial charge is 0.237 e. The summed E-state index contributed by atoms with van der Waals surface area (Å²) in [6.45, 7) is 14.7. The van der Waals surface area contributed by atoms with Crippen molar-refractivity contribution in [3.05, 3.63) is 29.8 Å². The Morgan fingerprint density at radius 2 is 1.77 bits per heavy atom. The lowest BCUT2D eigenvalue weighted by Crippen LogP contribution is -2.58. The predicted octanol–water partition coefficient (Wildman–Crippen LogP) is 3.38. The molecule has 1 aromatic rings. The summed E-state index contributed by atoms with van der Waals surface area (Å²) in [6.07, 6.45) is 2.09. The highest BCUT2D eigenvalue weighted by Crippen LogP contribution is 2.35. The molecule has 6 heteroatoms. The summed E-state index contributed by atoms with van der Waals surface area (Å²) >= 11 is 0. The SMILES string of the molecule is CCOc1ccc(C2(CNC(=O)C(C(C)C)N3CC(C)OC(C)C3)CCOCC2)cc1. The minimum absolute atomic E-state index is 0.105. The van der Waals surface area contributed by atoms with Crippen LogP contribution in [0.15, 0.2) is 24.3 Å². The van der Waals surface area contributed by atoms with Crippen molar-refractivity contribution in [1.82, 2.24) is 10.2 Å². The van der Waals surface area contributed by atoms with Crippen molar-refractivity contribution in [1.29, 1.82) is 0 Å². The van der Waals surface area contributed by atoms with Crippen LogP contribution in [0, 0.1) is 5.92 Å². The molecule has 3 rings (SSSR count). The molecule has 0 radical (unpaired) electrons. The lowest BCUT2D eigenvalue weighted by Gasteiger charge is -2.42. The van der Waals surface area contributed by atoms with Gasteiger partial charge in [-0.3, -0.25) is 9.69 Å². The van der Waals surface area contributed by atoms with Gasteiger partial charge in [0.05, 0.1) is 24.9 Å². The van der Waals surface area contributed by atoms with Gasteiger partial charge in [-0.15, -0.1) is 0 Å². The van der Waals surface area contributed by atoms with Crippen molar-refractivity contribution in [2.24, 2.45) is 5.92 Å². The molecule has 1 aromatic carbocycles. The molecule has 2 saturated heterocycles. The van der Waals surface area contributed by atoms with Gasteiger partial charge in [-0.1, -0.05) is 26.0 Å². The number of morpholine rings is 1. The van der Waals surface area contributed by atoms with Crippen molar-refractivity contribution in [2.45, 2.75) is 71.1 Å². The first-order chi connectivity index (χ1) is 14.8. The number of hydrogen-bond acceptors (Lipinski definition) is 5. The Bertz CT molecular complexity index is 690. The van der Waals surface area contributed by atoms with Gasteiger partial charge in [-0.2, -0.15) is 0 Å². The quantitative estimate of drug-likeness (QED) is 0.682. The monoisotopic (exact) mass is 432 g/mol. The predicted molar refractivity (Wildman–Crippen MR) is 123 cm³/mol. The van der Waals surface area contributed by atoms with Crippen molar-refractivity contribution in [3.8, 4) is 5.75 Å². The zero-order chi connectivity index (χ0) is 22.4. The number of amides is 1. The van der Waals surface area contributed by atoms with Crippen LogP contribution in [0.1, 0.15) is 53.0 Å². The third-order valence-corrected chi connectivity index (χ3v) is 6.57. The normalized spacial score (nSPS) is 25.2. The minimum Gasteiger partial charge on any atom is -0.494 e. The molecule has 1 amide bonds. The highest BCUT2D eigenvalue weighted by atomic mass is 16.5. The molecule has 2 aliphatic rings. The summed E-state index contributed by atoms with van der Waals surface area (Å²) in [4.78, 5) is 15.7. The summed E-state index contributed by atoms with van der Waals surface area (Å²) in [7, 11) is 0. The number of benzene rings is 1. The van der Waals surface area contributed by atoms with Gasteiger partial charge in [-0.25, -0.2) is 0 Å². The van der Waals surface area contributed by atoms with Gasteiger partial charge in [-0.05, 0) is 57.2 Å². The van der Waals surface area contributed by atoms with E-state index in [9.17, 15) is 4.79 Å². The number of carbonyl (C=O) groups is 1. The van der Waals surface area contributed by atoms with E-state index in [1.165, 1.54) is 5.56 Å². The van der Waals surface area contributed by atoms with Gasteiger partial charge in [0.15, 0.2) is 0 Å². The summed E-state index contributed by atoms with van der Waals surface area (Å²) in [5.74, 6) is 1.23. The molecule has 0 aromatic heterocycles. The third kappa shape index (κ3) is 5.99. The molecule has 1 N–H and O–H groups in total. The molecule has 3 atom stereocenters. The van der Waals surface area contributed by atoms with Crippen LogP contribution in [-0.2, 0) is 19.7 Å². The van der Waals surface area contributed by atoms with Crippen molar-refractivity contribution >= 4 is 5.91 Å². The molecule has 6 nitrogen and oxygen atoms in total. The Hall–Kier alpha value is -1.63. The minimum atomic E-state index is -0.147. The molecule has 0 aliphatic carbocycles. The number of nitrogens with zero attached hydrogens (tertiary/aromatic N) is 1. The Balaban J connectivity index is 1.73. The van der Waals surface area contributed by atoms with Gasteiger partial charge >= 0.3 is 0 Å². The highest BCUT2D eigenvalue weighted by Gasteiger charge is 2.38. The van der Waals surface area contributed by atoms with Crippen LogP contribution in [0.3, 0.4) is 0 Å². The lowest BCUT2D eigenvalue weighted by atomic mass is 9.74. The Morgan fingerprint density at radius 1 is 1.16 bits per heavy atom. The van der Waals surface area contributed by atoms with Crippen LogP contribution in [-0.4, -0.2) is 68.5 Å². The lowest BCUT2D eigenvalue weighted by molar-refractivity contribution is -0.135. The molecule has 0 spiro atoms. The maximum atomic E-state index is 13.4. The van der Waals surface area contributed by atoms with Crippen LogP contribution < -0.4 is 10.1 Å². The van der Waals surface area contributed by atoms with E-state index < -0.39 is 0 Å². The number of rotatable bonds is 8. The fraction of sp³-hybridized carbons (Fsp3) is 0.720. The molecule has 0 bridgehead atoms. The summed E-state index contributed by atoms with van der Waals surface area (Å²) in [6, 6.07) is 8.21. The third-order valence-electron chi connectivity index (χ3n) is 6.57. The number of carbonyl (C=O) groups excluding carboxylic acids is 1. The summed E-state index contributed by atoms with van der Waals surface area (Å²) < 4.78 is 17.2. The van der Waals surface area contributed by atoms with E-state index in [1.807, 2.05) is 19.1 Å². The van der Waals surface area contributed by atoms with Gasteiger partial charge < -0.3 is 19.5 Å². The van der Waals surface area contributed by atoms with Crippen LogP contribution in [0.5, 0.6) is 5.75 Å². The average Bonchev–Trinajstić information content (AvgIpc) is 2.73. The fourth-order valence-corrected chi connectivity index (χ4v) is 5.10. The summed E-state index contributed by atoms with van der Waals surface area (Å²) in [5, 5.41) is 3.33. The van der Waals surface area contributed by atoms with Crippen molar-refractivity contribution in [3.63, 3.8) is 0 Å². The van der Waals surface area contributed by atoms with E-state index in [2.05, 4.69) is 50.0 Å². The van der Waals surface area contributed by atoms with E-state index in [0.717, 1.165) is 44.9 Å². The average molecular weight is 433 g/mol. The van der Waals surface area contributed by atoms with E-state index >= 15 is 0 Å². The van der Waals surface area contributed by atoms with E-state index in [0.29, 0.717) is 13.2 Å². The van der Waals surface area contributed by atoms with Crippen LogP contribution >= 0.6 is 0 Å². The van der Waals surface area contributed by atoms with E-state index in [1.54, 1.807) is 0 Å². The van der Waals surface area contributed by atoms with Crippen LogP contribution in [0.25, 0.3) is 0 Å². The number of ether oxygens (including phenoxy) is 3. The molecule has 2 fully saturated rings. The van der Waals surface area contributed by atoms with E-state index in [-0.39, 0.29) is 35.5 Å². The zero-order valence-electron chi connectivity index (χ0n) is 19.9. The first-order valence-electron chi connectivity index (χ1n) is 11.8. The van der Waals surface area contributed by atoms with E-state index in [4.69, 9.17) is 14.2 Å². The van der Waals surface area contributed by atoms with Gasteiger partial charge in [0.25, 0.3) is 0 Å². The van der Waals surface area contributed by atoms with Gasteiger partial charge in [0.1, 0.15) is 5.75 Å². The Morgan fingerprint density at radius 3 is 2.32 bits per heavy atom. The second-order valence-corrected chi connectivity index (χ2v) is 9.47. The maximum Gasteiger partial charge on any atom is 0.237 e. The number of nitrogens with one attached hydrogen (secondary N) is 1. The van der Waals surface area contributed by atoms with Crippen molar-refractivity contribution in [2.75, 3.05) is 39.5 Å². The van der Waals surface area contributed by atoms with Gasteiger partial charge in [0.2, 0.25) is 5.91 Å². The second kappa shape index (κ2) is 10.8. The molecular weight excluding hydrogens is 392 g/mol. The first-order valence-corrected chi connectivity index (χ1v) is 11.8. The zero-order valence-corrected chi connectivity index (χ0v) is 19.9. The topological polar surface area (TPSA) is 60.0 Å². The van der Waals surface area contributed by atoms with Gasteiger partial charge in [0, 0.05) is 38.3 Å². The Kier molecular flexibility index (Phi) is 8.36. The molecule has 3 unspecified atom stereocenters. The molecule has 2 heterocycles. The van der Waals surface area contributed by atoms with Crippen molar-refractivity contribution < 1.29 is 19.0 Å². The standard InChI is InChI=1S/C25H40N2O4/c1-6-30-22-9-7-21(8-10-22)25(11-13-29-14-12-25)17-26-24(28)23(18(2)3)27-15-19(4)31-20(5)16-27/h7-10,18-20,23H,6,11-17H2,1-5H3,(H,26,28). The molecule has 2 aliphatic heterocycles. The highest BCUT2D eigenvalue weighted by molar-refractivity contribution is 5.82. The first kappa shape index (κ1) is 24.0. The second-order valence-electron chi connectivity index (χ2n) is 9.47. The maximum absolute atomic E-state index is 13.4. The fourth-order valence-electron chi connectivity index (χ4n) is 5.10. The van der Waals surface area contributed by atoms with Crippen LogP contribution in [0.2, 0.25) is 0 Å².